The molecule has 0 aliphatic carbocycles. The van der Waals surface area contributed by atoms with Crippen molar-refractivity contribution in [3.05, 3.63) is 48.4 Å². The number of nitrogens with two attached hydrogens (primary N) is 1. The Bertz CT molecular complexity index is 168. The Morgan fingerprint density at radius 2 is 2.00 bits per heavy atom. The van der Waals surface area contributed by atoms with Gasteiger partial charge in [-0.15, -0.1) is 0 Å². The van der Waals surface area contributed by atoms with Gasteiger partial charge in [0.15, 0.2) is 0 Å². The molecule has 0 spiro atoms. The summed E-state index contributed by atoms with van der Waals surface area (Å²) in [6, 6.07) is 0. The molecule has 0 aliphatic heterocycles. The van der Waals surface area contributed by atoms with Gasteiger partial charge in [0.05, 0.1) is 0 Å². The van der Waals surface area contributed by atoms with Crippen LogP contribution < -0.4 is 5.14 Å². The minimum absolute atomic E-state index is 0.968. The van der Waals surface area contributed by atoms with E-state index in [0.717, 1.165) is 4.91 Å². The number of rotatable bonds is 4. The minimum atomic E-state index is 0.968. The molecule has 10 heavy (non-hydrogen) atoms. The molecule has 1 nitrogen and oxygen atoms in total. The Hall–Kier alpha value is -0.730. The van der Waals surface area contributed by atoms with Crippen molar-refractivity contribution in [2.45, 2.75) is 0 Å². The van der Waals surface area contributed by atoms with Gasteiger partial charge in [0.25, 0.3) is 0 Å². The molecule has 0 aliphatic rings. The van der Waals surface area contributed by atoms with Crippen LogP contribution in [0.25, 0.3) is 0 Å². The van der Waals surface area contributed by atoms with E-state index in [9.17, 15) is 0 Å². The van der Waals surface area contributed by atoms with Crippen molar-refractivity contribution in [2.24, 2.45) is 5.14 Å². The van der Waals surface area contributed by atoms with Gasteiger partial charge in [-0.3, -0.25) is 5.14 Å². The molecular formula is C8H11NS. The molecule has 2 heteroatoms. The summed E-state index contributed by atoms with van der Waals surface area (Å²) in [4.78, 5) is 0.968. The van der Waals surface area contributed by atoms with Crippen LogP contribution in [0.2, 0.25) is 0 Å². The van der Waals surface area contributed by atoms with Crippen LogP contribution in [0.4, 0.5) is 0 Å². The molecule has 0 saturated heterocycles. The average molecular weight is 153 g/mol. The minimum Gasteiger partial charge on any atom is -0.274 e. The maximum absolute atomic E-state index is 5.31. The van der Waals surface area contributed by atoms with Crippen molar-refractivity contribution < 1.29 is 0 Å². The topological polar surface area (TPSA) is 26.0 Å². The zero-order chi connectivity index (χ0) is 7.82. The van der Waals surface area contributed by atoms with E-state index in [2.05, 4.69) is 13.2 Å². The van der Waals surface area contributed by atoms with E-state index in [0.29, 0.717) is 0 Å². The van der Waals surface area contributed by atoms with Crippen molar-refractivity contribution in [3.63, 3.8) is 0 Å². The molecule has 0 aromatic rings. The largest absolute Gasteiger partial charge is 0.274 e. The Balaban J connectivity index is 4.06. The zero-order valence-electron chi connectivity index (χ0n) is 5.79. The quantitative estimate of drug-likeness (QED) is 0.496. The normalized spacial score (nSPS) is 11.9. The van der Waals surface area contributed by atoms with Crippen LogP contribution in [0.1, 0.15) is 0 Å². The van der Waals surface area contributed by atoms with Crippen molar-refractivity contribution in [2.75, 3.05) is 0 Å². The lowest BCUT2D eigenvalue weighted by Crippen LogP contribution is -1.77. The lowest BCUT2D eigenvalue weighted by Gasteiger charge is -1.90. The van der Waals surface area contributed by atoms with E-state index in [1.165, 1.54) is 11.9 Å². The molecule has 0 amide bonds. The highest BCUT2D eigenvalue weighted by atomic mass is 32.2. The second-order valence-electron chi connectivity index (χ2n) is 1.52. The van der Waals surface area contributed by atoms with E-state index < -0.39 is 0 Å². The second kappa shape index (κ2) is 6.39. The van der Waals surface area contributed by atoms with Gasteiger partial charge in [0.1, 0.15) is 0 Å². The molecule has 0 atom stereocenters. The molecule has 0 aromatic heterocycles. The van der Waals surface area contributed by atoms with Gasteiger partial charge in [0, 0.05) is 4.91 Å². The van der Waals surface area contributed by atoms with Gasteiger partial charge in [-0.25, -0.2) is 0 Å². The van der Waals surface area contributed by atoms with E-state index in [-0.39, 0.29) is 0 Å². The van der Waals surface area contributed by atoms with Crippen LogP contribution in [-0.4, -0.2) is 0 Å². The Kier molecular flexibility index (Phi) is 5.92. The molecule has 0 radical (unpaired) electrons. The monoisotopic (exact) mass is 153 g/mol. The van der Waals surface area contributed by atoms with E-state index in [1.807, 2.05) is 18.2 Å². The smallest absolute Gasteiger partial charge is 0.0225 e. The number of allylic oxidation sites excluding steroid dienone is 5. The van der Waals surface area contributed by atoms with E-state index >= 15 is 0 Å². The summed E-state index contributed by atoms with van der Waals surface area (Å²) in [5, 5.41) is 5.31. The Morgan fingerprint density at radius 3 is 2.40 bits per heavy atom. The van der Waals surface area contributed by atoms with Gasteiger partial charge in [-0.1, -0.05) is 31.4 Å². The fourth-order valence-corrected chi connectivity index (χ4v) is 0.745. The van der Waals surface area contributed by atoms with Gasteiger partial charge in [-0.05, 0) is 24.1 Å². The highest BCUT2D eigenvalue weighted by Crippen LogP contribution is 2.08. The molecule has 0 fully saturated rings. The zero-order valence-corrected chi connectivity index (χ0v) is 6.60. The summed E-state index contributed by atoms with van der Waals surface area (Å²) in [7, 11) is 0. The van der Waals surface area contributed by atoms with Crippen LogP contribution in [-0.2, 0) is 0 Å². The third-order valence-corrected chi connectivity index (χ3v) is 1.36. The molecule has 0 aromatic carbocycles. The molecule has 0 heterocycles. The maximum atomic E-state index is 5.31. The molecular weight excluding hydrogens is 142 g/mol. The van der Waals surface area contributed by atoms with Crippen molar-refractivity contribution in [1.29, 1.82) is 0 Å². The Labute approximate surface area is 66.1 Å². The van der Waals surface area contributed by atoms with Gasteiger partial charge in [-0.2, -0.15) is 0 Å². The predicted molar refractivity (Wildman–Crippen MR) is 49.4 cm³/mol. The van der Waals surface area contributed by atoms with Crippen LogP contribution in [0, 0.1) is 0 Å². The van der Waals surface area contributed by atoms with Gasteiger partial charge >= 0.3 is 0 Å². The second-order valence-corrected chi connectivity index (χ2v) is 2.22. The summed E-state index contributed by atoms with van der Waals surface area (Å²) in [6.07, 6.45) is 8.94. The highest BCUT2D eigenvalue weighted by molar-refractivity contribution is 8.01. The molecule has 54 valence electrons. The third kappa shape index (κ3) is 4.18. The van der Waals surface area contributed by atoms with Crippen LogP contribution in [0.5, 0.6) is 0 Å². The highest BCUT2D eigenvalue weighted by Gasteiger charge is 1.82. The lowest BCUT2D eigenvalue weighted by molar-refractivity contribution is 1.83. The van der Waals surface area contributed by atoms with Gasteiger partial charge < -0.3 is 0 Å². The van der Waals surface area contributed by atoms with Crippen molar-refractivity contribution >= 4 is 11.9 Å². The van der Waals surface area contributed by atoms with Crippen molar-refractivity contribution in [1.82, 2.24) is 0 Å². The summed E-state index contributed by atoms with van der Waals surface area (Å²) in [5.74, 6) is 0. The first kappa shape index (κ1) is 9.27. The first-order valence-corrected chi connectivity index (χ1v) is 3.71. The molecule has 2 N–H and O–H groups in total. The Morgan fingerprint density at radius 1 is 1.30 bits per heavy atom. The summed E-state index contributed by atoms with van der Waals surface area (Å²) in [5.41, 5.74) is 0. The summed E-state index contributed by atoms with van der Waals surface area (Å²) in [6.45, 7) is 7.09. The standard InChI is InChI=1S/C8H11NS/c1-3-5-7-8(10-9)6-4-2/h3-7H,1-2,9H2/b7-5-,8-6+. The fourth-order valence-electron chi connectivity index (χ4n) is 0.413. The van der Waals surface area contributed by atoms with Crippen LogP contribution in [0.3, 0.4) is 0 Å². The van der Waals surface area contributed by atoms with Gasteiger partial charge in [0.2, 0.25) is 0 Å². The average Bonchev–Trinajstić information content (AvgIpc) is 1.98. The maximum Gasteiger partial charge on any atom is 0.0225 e. The van der Waals surface area contributed by atoms with Crippen LogP contribution >= 0.6 is 11.9 Å². The van der Waals surface area contributed by atoms with Crippen LogP contribution in [0.15, 0.2) is 48.4 Å². The summed E-state index contributed by atoms with van der Waals surface area (Å²) >= 11 is 1.19. The first-order valence-electron chi connectivity index (χ1n) is 2.83. The SMILES string of the molecule is C=C/C=C\C(=C/C=C)SN. The van der Waals surface area contributed by atoms with E-state index in [1.54, 1.807) is 12.2 Å². The molecule has 0 rings (SSSR count). The number of hydrogen-bond acceptors (Lipinski definition) is 2. The molecule has 0 bridgehead atoms. The third-order valence-electron chi connectivity index (χ3n) is 0.815. The molecule has 0 saturated carbocycles. The fraction of sp³-hybridized carbons (Fsp3) is 0. The van der Waals surface area contributed by atoms with Crippen molar-refractivity contribution in [3.8, 4) is 0 Å². The first-order chi connectivity index (χ1) is 4.85. The lowest BCUT2D eigenvalue weighted by atomic mass is 10.4. The predicted octanol–water partition coefficient (Wildman–Crippen LogP) is 2.41. The summed E-state index contributed by atoms with van der Waals surface area (Å²) < 4.78 is 0. The molecule has 0 unspecified atom stereocenters. The number of hydrogen-bond donors (Lipinski definition) is 1. The van der Waals surface area contributed by atoms with E-state index in [4.69, 9.17) is 5.14 Å².